The molecule has 0 saturated carbocycles. The van der Waals surface area contributed by atoms with Crippen molar-refractivity contribution in [2.45, 2.75) is 4.90 Å². The largest absolute Gasteiger partial charge is 0.482 e. The highest BCUT2D eigenvalue weighted by Gasteiger charge is 2.14. The average molecular weight is 496 g/mol. The van der Waals surface area contributed by atoms with Crippen LogP contribution in [0.4, 0.5) is 11.4 Å². The Morgan fingerprint density at radius 3 is 2.31 bits per heavy atom. The average Bonchev–Trinajstić information content (AvgIpc) is 2.68. The van der Waals surface area contributed by atoms with Crippen molar-refractivity contribution < 1.29 is 17.9 Å². The molecule has 9 heteroatoms. The van der Waals surface area contributed by atoms with Crippen LogP contribution >= 0.6 is 27.5 Å². The zero-order valence-corrected chi connectivity index (χ0v) is 18.1. The highest BCUT2D eigenvalue weighted by molar-refractivity contribution is 9.10. The first-order valence-electron chi connectivity index (χ1n) is 8.39. The van der Waals surface area contributed by atoms with Gasteiger partial charge in [-0.05, 0) is 54.6 Å². The van der Waals surface area contributed by atoms with E-state index in [-0.39, 0.29) is 11.5 Å². The first kappa shape index (κ1) is 21.2. The molecular formula is C20H16BrClN2O4S. The molecule has 0 aliphatic carbocycles. The monoisotopic (exact) mass is 494 g/mol. The number of para-hydroxylation sites is 1. The number of rotatable bonds is 7. The number of carbonyl (C=O) groups excluding carboxylic acids is 1. The van der Waals surface area contributed by atoms with Gasteiger partial charge in [0.05, 0.1) is 9.92 Å². The summed E-state index contributed by atoms with van der Waals surface area (Å²) in [4.78, 5) is 12.1. The first-order valence-corrected chi connectivity index (χ1v) is 11.0. The summed E-state index contributed by atoms with van der Waals surface area (Å²) in [6.07, 6.45) is 0. The van der Waals surface area contributed by atoms with Gasteiger partial charge in [-0.3, -0.25) is 9.52 Å². The van der Waals surface area contributed by atoms with Gasteiger partial charge in [-0.25, -0.2) is 8.42 Å². The van der Waals surface area contributed by atoms with Crippen molar-refractivity contribution >= 4 is 54.8 Å². The molecule has 0 heterocycles. The minimum Gasteiger partial charge on any atom is -0.482 e. The maximum Gasteiger partial charge on any atom is 0.262 e. The summed E-state index contributed by atoms with van der Waals surface area (Å²) in [5.74, 6) is -0.0135. The molecule has 0 atom stereocenters. The van der Waals surface area contributed by atoms with E-state index in [9.17, 15) is 13.2 Å². The zero-order chi connectivity index (χ0) is 20.9. The van der Waals surface area contributed by atoms with Crippen molar-refractivity contribution in [3.63, 3.8) is 0 Å². The molecule has 2 N–H and O–H groups in total. The Morgan fingerprint density at radius 2 is 1.66 bits per heavy atom. The fourth-order valence-electron chi connectivity index (χ4n) is 2.37. The summed E-state index contributed by atoms with van der Waals surface area (Å²) in [6.45, 7) is -0.239. The number of hydrogen-bond acceptors (Lipinski definition) is 4. The lowest BCUT2D eigenvalue weighted by atomic mass is 10.3. The van der Waals surface area contributed by atoms with Crippen LogP contribution in [0.2, 0.25) is 5.02 Å². The van der Waals surface area contributed by atoms with Crippen molar-refractivity contribution in [3.8, 4) is 5.75 Å². The van der Waals surface area contributed by atoms with Crippen LogP contribution in [-0.2, 0) is 14.8 Å². The van der Waals surface area contributed by atoms with Gasteiger partial charge in [0.15, 0.2) is 6.61 Å². The lowest BCUT2D eigenvalue weighted by Crippen LogP contribution is -2.20. The van der Waals surface area contributed by atoms with Crippen LogP contribution in [0.3, 0.4) is 0 Å². The normalized spacial score (nSPS) is 11.0. The van der Waals surface area contributed by atoms with E-state index in [1.54, 1.807) is 48.5 Å². The predicted molar refractivity (Wildman–Crippen MR) is 117 cm³/mol. The standard InChI is InChI=1S/C20H16BrClN2O4S/c21-14-6-11-19(18(22)12-14)28-13-20(25)23-15-7-9-17(10-8-15)29(26,27)24-16-4-2-1-3-5-16/h1-12,24H,13H2,(H,23,25). The summed E-state index contributed by atoms with van der Waals surface area (Å²) in [7, 11) is -3.72. The summed E-state index contributed by atoms with van der Waals surface area (Å²) < 4.78 is 33.5. The molecule has 0 saturated heterocycles. The summed E-state index contributed by atoms with van der Waals surface area (Å²) in [6, 6.07) is 19.5. The van der Waals surface area contributed by atoms with Crippen molar-refractivity contribution in [2.75, 3.05) is 16.6 Å². The van der Waals surface area contributed by atoms with Crippen molar-refractivity contribution in [2.24, 2.45) is 0 Å². The van der Waals surface area contributed by atoms with Gasteiger partial charge in [0.1, 0.15) is 5.75 Å². The second-order valence-electron chi connectivity index (χ2n) is 5.91. The molecule has 1 amide bonds. The third-order valence-electron chi connectivity index (χ3n) is 3.73. The van der Waals surface area contributed by atoms with Crippen LogP contribution in [-0.4, -0.2) is 20.9 Å². The van der Waals surface area contributed by atoms with E-state index in [1.807, 2.05) is 0 Å². The van der Waals surface area contributed by atoms with Gasteiger partial charge in [0.2, 0.25) is 0 Å². The van der Waals surface area contributed by atoms with Crippen LogP contribution in [0.1, 0.15) is 0 Å². The Hall–Kier alpha value is -2.55. The maximum atomic E-state index is 12.4. The highest BCUT2D eigenvalue weighted by atomic mass is 79.9. The second kappa shape index (κ2) is 9.30. The van der Waals surface area contributed by atoms with Gasteiger partial charge in [0, 0.05) is 15.8 Å². The molecule has 6 nitrogen and oxygen atoms in total. The molecule has 3 aromatic rings. The third kappa shape index (κ3) is 5.96. The van der Waals surface area contributed by atoms with Crippen molar-refractivity contribution in [1.82, 2.24) is 0 Å². The summed E-state index contributed by atoms with van der Waals surface area (Å²) in [5.41, 5.74) is 0.910. The van der Waals surface area contributed by atoms with E-state index >= 15 is 0 Å². The number of halogens is 2. The Labute approximate surface area is 182 Å². The summed E-state index contributed by atoms with van der Waals surface area (Å²) >= 11 is 9.33. The number of amides is 1. The van der Waals surface area contributed by atoms with Crippen LogP contribution < -0.4 is 14.8 Å². The van der Waals surface area contributed by atoms with Crippen molar-refractivity contribution in [3.05, 3.63) is 82.3 Å². The molecule has 3 rings (SSSR count). The Kier molecular flexibility index (Phi) is 6.79. The van der Waals surface area contributed by atoms with E-state index in [2.05, 4.69) is 26.0 Å². The minimum absolute atomic E-state index is 0.0808. The molecule has 29 heavy (non-hydrogen) atoms. The van der Waals surface area contributed by atoms with Crippen LogP contribution in [0, 0.1) is 0 Å². The smallest absolute Gasteiger partial charge is 0.262 e. The third-order valence-corrected chi connectivity index (χ3v) is 5.91. The Morgan fingerprint density at radius 1 is 0.966 bits per heavy atom. The molecule has 0 aliphatic rings. The molecule has 0 fully saturated rings. The number of ether oxygens (including phenoxy) is 1. The van der Waals surface area contributed by atoms with Gasteiger partial charge >= 0.3 is 0 Å². The maximum absolute atomic E-state index is 12.4. The topological polar surface area (TPSA) is 84.5 Å². The van der Waals surface area contributed by atoms with E-state index in [0.717, 1.165) is 4.47 Å². The molecule has 0 spiro atoms. The minimum atomic E-state index is -3.72. The number of hydrogen-bond donors (Lipinski definition) is 2. The van der Waals surface area contributed by atoms with Gasteiger partial charge in [-0.1, -0.05) is 45.7 Å². The second-order valence-corrected chi connectivity index (χ2v) is 8.91. The molecule has 0 aromatic heterocycles. The van der Waals surface area contributed by atoms with Gasteiger partial charge in [-0.2, -0.15) is 0 Å². The van der Waals surface area contributed by atoms with Crippen molar-refractivity contribution in [1.29, 1.82) is 0 Å². The SMILES string of the molecule is O=C(COc1ccc(Br)cc1Cl)Nc1ccc(S(=O)(=O)Nc2ccccc2)cc1. The molecule has 0 aliphatic heterocycles. The highest BCUT2D eigenvalue weighted by Crippen LogP contribution is 2.27. The molecular weight excluding hydrogens is 480 g/mol. The quantitative estimate of drug-likeness (QED) is 0.487. The number of sulfonamides is 1. The predicted octanol–water partition coefficient (Wildman–Crippen LogP) is 4.92. The van der Waals surface area contributed by atoms with Crippen LogP contribution in [0.15, 0.2) is 82.2 Å². The molecule has 150 valence electrons. The van der Waals surface area contributed by atoms with E-state index < -0.39 is 15.9 Å². The van der Waals surface area contributed by atoms with E-state index in [4.69, 9.17) is 16.3 Å². The van der Waals surface area contributed by atoms with Gasteiger partial charge in [-0.15, -0.1) is 0 Å². The zero-order valence-electron chi connectivity index (χ0n) is 14.9. The molecule has 0 radical (unpaired) electrons. The first-order chi connectivity index (χ1) is 13.8. The Bertz CT molecular complexity index is 1110. The number of benzene rings is 3. The summed E-state index contributed by atoms with van der Waals surface area (Å²) in [5, 5.41) is 3.02. The number of carbonyl (C=O) groups is 1. The van der Waals surface area contributed by atoms with Gasteiger partial charge < -0.3 is 10.1 Å². The fraction of sp³-hybridized carbons (Fsp3) is 0.0500. The lowest BCUT2D eigenvalue weighted by Gasteiger charge is -2.10. The number of anilines is 2. The lowest BCUT2D eigenvalue weighted by molar-refractivity contribution is -0.118. The van der Waals surface area contributed by atoms with E-state index in [0.29, 0.717) is 22.1 Å². The molecule has 0 unspecified atom stereocenters. The van der Waals surface area contributed by atoms with Crippen LogP contribution in [0.25, 0.3) is 0 Å². The fourth-order valence-corrected chi connectivity index (χ4v) is 4.16. The van der Waals surface area contributed by atoms with Crippen LogP contribution in [0.5, 0.6) is 5.75 Å². The molecule has 3 aromatic carbocycles. The van der Waals surface area contributed by atoms with Gasteiger partial charge in [0.25, 0.3) is 15.9 Å². The Balaban J connectivity index is 1.59. The molecule has 0 bridgehead atoms. The number of nitrogens with one attached hydrogen (secondary N) is 2. The van der Waals surface area contributed by atoms with E-state index in [1.165, 1.54) is 24.3 Å².